The number of hydrogen-bond acceptors (Lipinski definition) is 6. The van der Waals surface area contributed by atoms with E-state index in [2.05, 4.69) is 10.2 Å². The number of alkyl halides is 3. The molecule has 0 N–H and O–H groups in total. The number of halogens is 3. The molecule has 4 aromatic rings. The number of hydrogen-bond donors (Lipinski definition) is 0. The van der Waals surface area contributed by atoms with Gasteiger partial charge in [-0.25, -0.2) is 0 Å². The monoisotopic (exact) mass is 490 g/mol. The summed E-state index contributed by atoms with van der Waals surface area (Å²) in [4.78, 5) is 28.9. The highest BCUT2D eigenvalue weighted by molar-refractivity contribution is 7.17. The first kappa shape index (κ1) is 22.4. The molecule has 8 nitrogen and oxygen atoms in total. The third-order valence-electron chi connectivity index (χ3n) is 6.13. The smallest absolute Gasteiger partial charge is 0.368 e. The molecule has 0 saturated carbocycles. The number of thiophene rings is 1. The molecule has 12 heteroatoms. The van der Waals surface area contributed by atoms with Crippen molar-refractivity contribution in [3.8, 4) is 0 Å². The molecule has 0 bridgehead atoms. The predicted octanol–water partition coefficient (Wildman–Crippen LogP) is 2.94. The minimum absolute atomic E-state index is 0.0492. The molecule has 1 fully saturated rings. The van der Waals surface area contributed by atoms with E-state index in [0.717, 1.165) is 17.6 Å². The maximum atomic E-state index is 13.0. The lowest BCUT2D eigenvalue weighted by atomic mass is 10.1. The number of amides is 1. The molecule has 1 saturated heterocycles. The second kappa shape index (κ2) is 8.42. The zero-order valence-electron chi connectivity index (χ0n) is 18.2. The van der Waals surface area contributed by atoms with Gasteiger partial charge in [0.25, 0.3) is 5.56 Å². The van der Waals surface area contributed by atoms with E-state index in [4.69, 9.17) is 0 Å². The fourth-order valence-corrected chi connectivity index (χ4v) is 5.14. The van der Waals surface area contributed by atoms with E-state index < -0.39 is 11.7 Å². The number of rotatable bonds is 4. The lowest BCUT2D eigenvalue weighted by molar-refractivity contribution is -0.137. The Morgan fingerprint density at radius 3 is 2.62 bits per heavy atom. The highest BCUT2D eigenvalue weighted by Crippen LogP contribution is 2.32. The van der Waals surface area contributed by atoms with Crippen LogP contribution in [0.3, 0.4) is 0 Å². The molecule has 3 aromatic heterocycles. The number of benzene rings is 1. The van der Waals surface area contributed by atoms with Crippen LogP contribution in [0.15, 0.2) is 40.5 Å². The van der Waals surface area contributed by atoms with Gasteiger partial charge in [-0.1, -0.05) is 6.07 Å². The summed E-state index contributed by atoms with van der Waals surface area (Å²) >= 11 is 1.35. The van der Waals surface area contributed by atoms with Gasteiger partial charge in [-0.05, 0) is 29.6 Å². The molecule has 5 rings (SSSR count). The molecule has 4 heterocycles. The minimum Gasteiger partial charge on any atom is -0.368 e. The fraction of sp³-hybridized carbons (Fsp3) is 0.364. The number of anilines is 1. The van der Waals surface area contributed by atoms with Crippen LogP contribution in [0, 0.1) is 0 Å². The van der Waals surface area contributed by atoms with Gasteiger partial charge in [0.15, 0.2) is 0 Å². The molecule has 0 aliphatic carbocycles. The summed E-state index contributed by atoms with van der Waals surface area (Å²) in [6.45, 7) is 1.77. The maximum absolute atomic E-state index is 13.0. The summed E-state index contributed by atoms with van der Waals surface area (Å²) in [5.74, 6) is 0.977. The molecule has 1 amide bonds. The zero-order chi connectivity index (χ0) is 24.0. The van der Waals surface area contributed by atoms with Crippen molar-refractivity contribution < 1.29 is 18.0 Å². The highest BCUT2D eigenvalue weighted by atomic mass is 32.1. The Labute approximate surface area is 195 Å². The Kier molecular flexibility index (Phi) is 5.54. The highest BCUT2D eigenvalue weighted by Gasteiger charge is 2.31. The van der Waals surface area contributed by atoms with Crippen LogP contribution in [0.25, 0.3) is 16.0 Å². The Morgan fingerprint density at radius 1 is 1.12 bits per heavy atom. The quantitative estimate of drug-likeness (QED) is 0.440. The van der Waals surface area contributed by atoms with Crippen LogP contribution in [-0.2, 0) is 24.4 Å². The number of aromatic nitrogens is 4. The minimum atomic E-state index is -4.39. The zero-order valence-corrected chi connectivity index (χ0v) is 19.1. The van der Waals surface area contributed by atoms with E-state index in [9.17, 15) is 22.8 Å². The number of carbonyl (C=O) groups is 1. The Balaban J connectivity index is 1.25. The van der Waals surface area contributed by atoms with Gasteiger partial charge in [0.2, 0.25) is 11.7 Å². The standard InChI is InChI=1S/C22H21F3N6O2S/c1-28-20(33)19-16(7-12-34-19)31-17(26-27-21(28)31)5-6-18(32)30-10-8-29(9-11-30)15-4-2-3-14(13-15)22(23,24)25/h2-4,7,12-13H,5-6,8-11H2,1H3. The van der Waals surface area contributed by atoms with Crippen LogP contribution in [-0.4, -0.2) is 56.2 Å². The summed E-state index contributed by atoms with van der Waals surface area (Å²) < 4.78 is 42.9. The van der Waals surface area contributed by atoms with Crippen LogP contribution >= 0.6 is 11.3 Å². The Morgan fingerprint density at radius 2 is 1.88 bits per heavy atom. The topological polar surface area (TPSA) is 75.7 Å². The van der Waals surface area contributed by atoms with Crippen LogP contribution in [0.1, 0.15) is 17.8 Å². The third-order valence-corrected chi connectivity index (χ3v) is 7.02. The average Bonchev–Trinajstić information content (AvgIpc) is 3.48. The van der Waals surface area contributed by atoms with E-state index in [-0.39, 0.29) is 17.9 Å². The van der Waals surface area contributed by atoms with Crippen molar-refractivity contribution >= 4 is 38.9 Å². The first-order valence-corrected chi connectivity index (χ1v) is 11.6. The number of nitrogens with zero attached hydrogens (tertiary/aromatic N) is 6. The largest absolute Gasteiger partial charge is 0.416 e. The van der Waals surface area contributed by atoms with Crippen molar-refractivity contribution in [2.24, 2.45) is 7.05 Å². The number of piperazine rings is 1. The van der Waals surface area contributed by atoms with Crippen molar-refractivity contribution in [3.63, 3.8) is 0 Å². The van der Waals surface area contributed by atoms with Crippen LogP contribution in [0.5, 0.6) is 0 Å². The van der Waals surface area contributed by atoms with Gasteiger partial charge in [-0.3, -0.25) is 18.6 Å². The SMILES string of the molecule is Cn1c(=O)c2sccc2n2c(CCC(=O)N3CCN(c4cccc(C(F)(F)F)c4)CC3)nnc12. The molecule has 1 aliphatic rings. The molecule has 1 aromatic carbocycles. The molecule has 0 spiro atoms. The molecule has 0 unspecified atom stereocenters. The summed E-state index contributed by atoms with van der Waals surface area (Å²) in [7, 11) is 1.64. The van der Waals surface area contributed by atoms with Gasteiger partial charge >= 0.3 is 6.18 Å². The fourth-order valence-electron chi connectivity index (χ4n) is 4.28. The number of carbonyl (C=O) groups excluding carboxylic acids is 1. The normalized spacial score (nSPS) is 14.9. The average molecular weight is 491 g/mol. The Hall–Kier alpha value is -3.41. The molecule has 0 radical (unpaired) electrons. The molecule has 34 heavy (non-hydrogen) atoms. The van der Waals surface area contributed by atoms with Crippen molar-refractivity contribution in [3.05, 3.63) is 57.5 Å². The van der Waals surface area contributed by atoms with E-state index in [1.165, 1.54) is 22.0 Å². The molecular formula is C22H21F3N6O2S. The summed E-state index contributed by atoms with van der Waals surface area (Å²) in [5, 5.41) is 10.2. The first-order valence-electron chi connectivity index (χ1n) is 10.7. The van der Waals surface area contributed by atoms with Crippen molar-refractivity contribution in [2.75, 3.05) is 31.1 Å². The van der Waals surface area contributed by atoms with E-state index in [1.54, 1.807) is 18.0 Å². The van der Waals surface area contributed by atoms with E-state index in [1.807, 2.05) is 20.7 Å². The second-order valence-electron chi connectivity index (χ2n) is 8.17. The number of aryl methyl sites for hydroxylation is 2. The van der Waals surface area contributed by atoms with E-state index in [0.29, 0.717) is 54.6 Å². The molecular weight excluding hydrogens is 469 g/mol. The lowest BCUT2D eigenvalue weighted by Gasteiger charge is -2.36. The summed E-state index contributed by atoms with van der Waals surface area (Å²) in [6.07, 6.45) is -3.81. The maximum Gasteiger partial charge on any atom is 0.416 e. The van der Waals surface area contributed by atoms with Crippen LogP contribution in [0.4, 0.5) is 18.9 Å². The van der Waals surface area contributed by atoms with Gasteiger partial charge < -0.3 is 9.80 Å². The van der Waals surface area contributed by atoms with E-state index >= 15 is 0 Å². The van der Waals surface area contributed by atoms with Gasteiger partial charge in [-0.2, -0.15) is 13.2 Å². The first-order chi connectivity index (χ1) is 16.2. The van der Waals surface area contributed by atoms with Gasteiger partial charge in [-0.15, -0.1) is 21.5 Å². The van der Waals surface area contributed by atoms with Gasteiger partial charge in [0.05, 0.1) is 11.1 Å². The predicted molar refractivity (Wildman–Crippen MR) is 122 cm³/mol. The molecule has 178 valence electrons. The van der Waals surface area contributed by atoms with Crippen LogP contribution < -0.4 is 10.5 Å². The van der Waals surface area contributed by atoms with Crippen molar-refractivity contribution in [1.29, 1.82) is 0 Å². The molecule has 0 atom stereocenters. The van der Waals surface area contributed by atoms with Crippen molar-refractivity contribution in [1.82, 2.24) is 24.1 Å². The second-order valence-corrected chi connectivity index (χ2v) is 9.08. The van der Waals surface area contributed by atoms with Gasteiger partial charge in [0.1, 0.15) is 10.5 Å². The van der Waals surface area contributed by atoms with Gasteiger partial charge in [0, 0.05) is 51.8 Å². The summed E-state index contributed by atoms with van der Waals surface area (Å²) in [6, 6.07) is 7.10. The third kappa shape index (κ3) is 3.91. The summed E-state index contributed by atoms with van der Waals surface area (Å²) in [5.41, 5.74) is 0.417. The van der Waals surface area contributed by atoms with Crippen molar-refractivity contribution in [2.45, 2.75) is 19.0 Å². The number of fused-ring (bicyclic) bond motifs is 3. The lowest BCUT2D eigenvalue weighted by Crippen LogP contribution is -2.48. The Bertz CT molecular complexity index is 1430. The molecule has 1 aliphatic heterocycles. The van der Waals surface area contributed by atoms with Crippen LogP contribution in [0.2, 0.25) is 0 Å².